The number of carbonyl (C=O) groups excluding carboxylic acids is 1. The Hall–Kier alpha value is -3.33. The van der Waals surface area contributed by atoms with Crippen molar-refractivity contribution in [3.63, 3.8) is 0 Å². The Morgan fingerprint density at radius 1 is 1.05 bits per heavy atom. The smallest absolute Gasteiger partial charge is 0.416 e. The number of alkyl halides is 6. The summed E-state index contributed by atoms with van der Waals surface area (Å²) < 4.78 is 105. The molecule has 0 spiro atoms. The number of amides is 1. The lowest BCUT2D eigenvalue weighted by Crippen LogP contribution is -2.19. The standard InChI is InChI=1S/C23H21F7N4O3S/c1-13(10-36-2)34-19(11-37-18-6-4-3-5-17(18)24)32-33-21(34)38-12-20(35)31-16-8-14(22(25,26)27)7-15(9-16)23(28,29)30/h3-9,13H,10-12H2,1-2H3,(H,31,35). The van der Waals surface area contributed by atoms with Gasteiger partial charge in [0.25, 0.3) is 0 Å². The Balaban J connectivity index is 1.75. The number of aromatic nitrogens is 3. The zero-order valence-corrected chi connectivity index (χ0v) is 20.7. The Morgan fingerprint density at radius 2 is 1.68 bits per heavy atom. The van der Waals surface area contributed by atoms with E-state index in [0.717, 1.165) is 11.8 Å². The second-order valence-corrected chi connectivity index (χ2v) is 8.87. The van der Waals surface area contributed by atoms with Crippen molar-refractivity contribution in [3.8, 4) is 5.75 Å². The van der Waals surface area contributed by atoms with Crippen LogP contribution in [0.2, 0.25) is 0 Å². The van der Waals surface area contributed by atoms with Crippen molar-refractivity contribution in [1.29, 1.82) is 0 Å². The van der Waals surface area contributed by atoms with Crippen molar-refractivity contribution < 1.29 is 45.0 Å². The first kappa shape index (κ1) is 29.2. The molecule has 1 atom stereocenters. The third kappa shape index (κ3) is 7.60. The molecule has 2 aromatic carbocycles. The molecule has 3 aromatic rings. The number of thioether (sulfide) groups is 1. The molecular weight excluding hydrogens is 545 g/mol. The monoisotopic (exact) mass is 566 g/mol. The molecule has 0 radical (unpaired) electrons. The van der Waals surface area contributed by atoms with Crippen molar-refractivity contribution in [2.75, 3.05) is 24.8 Å². The summed E-state index contributed by atoms with van der Waals surface area (Å²) in [6, 6.07) is 6.15. The quantitative estimate of drug-likeness (QED) is 0.241. The third-order valence-electron chi connectivity index (χ3n) is 4.98. The fourth-order valence-electron chi connectivity index (χ4n) is 3.32. The van der Waals surface area contributed by atoms with Crippen LogP contribution in [-0.2, 0) is 28.5 Å². The summed E-state index contributed by atoms with van der Waals surface area (Å²) in [4.78, 5) is 12.4. The predicted octanol–water partition coefficient (Wildman–Crippen LogP) is 5.97. The highest BCUT2D eigenvalue weighted by Crippen LogP contribution is 2.37. The SMILES string of the molecule is COCC(C)n1c(COc2ccccc2F)nnc1SCC(=O)Nc1cc(C(F)(F)F)cc(C(F)(F)F)c1. The summed E-state index contributed by atoms with van der Waals surface area (Å²) in [6.07, 6.45) is -10.1. The molecule has 0 aliphatic rings. The number of rotatable bonds is 10. The normalized spacial score (nSPS) is 12.9. The highest BCUT2D eigenvalue weighted by Gasteiger charge is 2.37. The van der Waals surface area contributed by atoms with Gasteiger partial charge in [0.15, 0.2) is 22.5 Å². The highest BCUT2D eigenvalue weighted by atomic mass is 32.2. The number of anilines is 1. The molecule has 1 unspecified atom stereocenters. The summed E-state index contributed by atoms with van der Waals surface area (Å²) in [7, 11) is 1.46. The molecule has 0 aliphatic carbocycles. The first-order chi connectivity index (χ1) is 17.8. The molecule has 1 amide bonds. The number of ether oxygens (including phenoxy) is 2. The van der Waals surface area contributed by atoms with E-state index in [4.69, 9.17) is 9.47 Å². The van der Waals surface area contributed by atoms with E-state index in [2.05, 4.69) is 15.5 Å². The van der Waals surface area contributed by atoms with Crippen LogP contribution >= 0.6 is 11.8 Å². The van der Waals surface area contributed by atoms with Gasteiger partial charge in [0, 0.05) is 12.8 Å². The summed E-state index contributed by atoms with van der Waals surface area (Å²) in [5.41, 5.74) is -3.77. The maximum atomic E-state index is 13.9. The number of nitrogens with zero attached hydrogens (tertiary/aromatic N) is 3. The van der Waals surface area contributed by atoms with Crippen molar-refractivity contribution >= 4 is 23.4 Å². The van der Waals surface area contributed by atoms with Gasteiger partial charge in [-0.05, 0) is 37.3 Å². The zero-order chi connectivity index (χ0) is 28.1. The molecule has 0 aliphatic heterocycles. The van der Waals surface area contributed by atoms with Crippen LogP contribution < -0.4 is 10.1 Å². The van der Waals surface area contributed by atoms with Gasteiger partial charge in [0.05, 0.1) is 29.5 Å². The number of para-hydroxylation sites is 1. The van der Waals surface area contributed by atoms with Gasteiger partial charge in [0.1, 0.15) is 6.61 Å². The fraction of sp³-hybridized carbons (Fsp3) is 0.348. The minimum atomic E-state index is -5.05. The van der Waals surface area contributed by atoms with Gasteiger partial charge >= 0.3 is 12.4 Å². The summed E-state index contributed by atoms with van der Waals surface area (Å²) in [5.74, 6) is -1.62. The lowest BCUT2D eigenvalue weighted by atomic mass is 10.1. The maximum absolute atomic E-state index is 13.9. The van der Waals surface area contributed by atoms with E-state index in [1.54, 1.807) is 17.6 Å². The van der Waals surface area contributed by atoms with Crippen molar-refractivity contribution in [2.45, 2.75) is 37.1 Å². The van der Waals surface area contributed by atoms with Crippen LogP contribution in [0.4, 0.5) is 36.4 Å². The van der Waals surface area contributed by atoms with Crippen LogP contribution in [0.5, 0.6) is 5.75 Å². The van der Waals surface area contributed by atoms with Gasteiger partial charge in [-0.2, -0.15) is 26.3 Å². The number of carbonyl (C=O) groups is 1. The van der Waals surface area contributed by atoms with Gasteiger partial charge < -0.3 is 14.8 Å². The average Bonchev–Trinajstić information content (AvgIpc) is 3.24. The van der Waals surface area contributed by atoms with Crippen LogP contribution in [0.1, 0.15) is 29.9 Å². The van der Waals surface area contributed by atoms with Crippen LogP contribution in [0, 0.1) is 5.82 Å². The highest BCUT2D eigenvalue weighted by molar-refractivity contribution is 7.99. The van der Waals surface area contributed by atoms with E-state index in [0.29, 0.717) is 12.1 Å². The molecule has 7 nitrogen and oxygen atoms in total. The number of methoxy groups -OCH3 is 1. The second kappa shape index (κ2) is 12.0. The summed E-state index contributed by atoms with van der Waals surface area (Å²) in [5, 5.41) is 10.3. The van der Waals surface area contributed by atoms with Gasteiger partial charge in [0.2, 0.25) is 5.91 Å². The van der Waals surface area contributed by atoms with E-state index < -0.39 is 46.6 Å². The molecule has 1 N–H and O–H groups in total. The minimum absolute atomic E-state index is 0.0191. The molecule has 3 rings (SSSR count). The zero-order valence-electron chi connectivity index (χ0n) is 19.9. The molecule has 0 saturated carbocycles. The number of benzene rings is 2. The number of nitrogens with one attached hydrogen (secondary N) is 1. The largest absolute Gasteiger partial charge is 0.483 e. The van der Waals surface area contributed by atoms with E-state index in [1.165, 1.54) is 25.3 Å². The molecule has 206 valence electrons. The molecule has 15 heteroatoms. The molecule has 0 bridgehead atoms. The Morgan fingerprint density at radius 3 is 2.26 bits per heavy atom. The van der Waals surface area contributed by atoms with Gasteiger partial charge in [-0.15, -0.1) is 10.2 Å². The van der Waals surface area contributed by atoms with E-state index >= 15 is 0 Å². The van der Waals surface area contributed by atoms with Crippen LogP contribution in [0.15, 0.2) is 47.6 Å². The van der Waals surface area contributed by atoms with Gasteiger partial charge in [-0.25, -0.2) is 4.39 Å². The topological polar surface area (TPSA) is 78.3 Å². The van der Waals surface area contributed by atoms with E-state index in [9.17, 15) is 35.5 Å². The molecule has 0 saturated heterocycles. The van der Waals surface area contributed by atoms with E-state index in [-0.39, 0.29) is 42.1 Å². The molecule has 1 heterocycles. The third-order valence-corrected chi connectivity index (χ3v) is 5.92. The molecule has 38 heavy (non-hydrogen) atoms. The second-order valence-electron chi connectivity index (χ2n) is 7.92. The predicted molar refractivity (Wildman–Crippen MR) is 123 cm³/mol. The van der Waals surface area contributed by atoms with Crippen molar-refractivity contribution in [2.24, 2.45) is 0 Å². The minimum Gasteiger partial charge on any atom is -0.483 e. The van der Waals surface area contributed by atoms with Crippen LogP contribution in [0.25, 0.3) is 0 Å². The number of halogens is 7. The molecular formula is C23H21F7N4O3S. The van der Waals surface area contributed by atoms with Crippen molar-refractivity contribution in [3.05, 3.63) is 65.2 Å². The van der Waals surface area contributed by atoms with Crippen LogP contribution in [0.3, 0.4) is 0 Å². The Kier molecular flexibility index (Phi) is 9.25. The Bertz CT molecular complexity index is 1230. The summed E-state index contributed by atoms with van der Waals surface area (Å²) >= 11 is 0.841. The number of hydrogen-bond donors (Lipinski definition) is 1. The van der Waals surface area contributed by atoms with Gasteiger partial charge in [-0.1, -0.05) is 23.9 Å². The first-order valence-corrected chi connectivity index (χ1v) is 11.8. The molecule has 1 aromatic heterocycles. The number of hydrogen-bond acceptors (Lipinski definition) is 6. The first-order valence-electron chi connectivity index (χ1n) is 10.8. The van der Waals surface area contributed by atoms with Gasteiger partial charge in [-0.3, -0.25) is 9.36 Å². The maximum Gasteiger partial charge on any atom is 0.416 e. The van der Waals surface area contributed by atoms with E-state index in [1.807, 2.05) is 0 Å². The average molecular weight is 566 g/mol. The lowest BCUT2D eigenvalue weighted by Gasteiger charge is -2.17. The lowest BCUT2D eigenvalue weighted by molar-refractivity contribution is -0.143. The summed E-state index contributed by atoms with van der Waals surface area (Å²) in [6.45, 7) is 1.78. The Labute approximate surface area is 216 Å². The van der Waals surface area contributed by atoms with Crippen LogP contribution in [-0.4, -0.2) is 40.1 Å². The fourth-order valence-corrected chi connectivity index (χ4v) is 4.18. The molecule has 0 fully saturated rings. The van der Waals surface area contributed by atoms with Crippen molar-refractivity contribution in [1.82, 2.24) is 14.8 Å².